The molecule has 1 heterocycles. The molecular weight excluding hydrogens is 426 g/mol. The Balaban J connectivity index is 1.91. The molecule has 0 radical (unpaired) electrons. The van der Waals surface area contributed by atoms with Crippen LogP contribution in [0.4, 0.5) is 4.79 Å². The number of imide groups is 1. The Labute approximate surface area is 170 Å². The number of hydrogen-bond donors (Lipinski definition) is 1. The summed E-state index contributed by atoms with van der Waals surface area (Å²) in [4.78, 5) is 23.1. The lowest BCUT2D eigenvalue weighted by Crippen LogP contribution is -2.17. The summed E-state index contributed by atoms with van der Waals surface area (Å²) in [6.07, 6.45) is 1.50. The predicted molar refractivity (Wildman–Crippen MR) is 106 cm³/mol. The lowest BCUT2D eigenvalue weighted by atomic mass is 10.2. The number of rotatable bonds is 6. The smallest absolute Gasteiger partial charge is 0.339 e. The number of ether oxygens (including phenoxy) is 1. The van der Waals surface area contributed by atoms with Crippen molar-refractivity contribution in [2.24, 2.45) is 0 Å². The first-order chi connectivity index (χ1) is 13.3. The van der Waals surface area contributed by atoms with Gasteiger partial charge in [0.15, 0.2) is 11.5 Å². The zero-order valence-electron chi connectivity index (χ0n) is 14.5. The van der Waals surface area contributed by atoms with E-state index in [0.717, 1.165) is 11.8 Å². The van der Waals surface area contributed by atoms with Crippen molar-refractivity contribution >= 4 is 50.7 Å². The quantitative estimate of drug-likeness (QED) is 0.539. The van der Waals surface area contributed by atoms with Crippen molar-refractivity contribution in [3.05, 3.63) is 58.0 Å². The molecule has 1 aliphatic rings. The van der Waals surface area contributed by atoms with Crippen molar-refractivity contribution in [1.29, 1.82) is 0 Å². The largest absolute Gasteiger partial charge is 0.490 e. The van der Waals surface area contributed by atoms with Gasteiger partial charge in [-0.25, -0.2) is 0 Å². The molecule has 0 saturated carbocycles. The van der Waals surface area contributed by atoms with Gasteiger partial charge in [0.25, 0.3) is 11.1 Å². The van der Waals surface area contributed by atoms with Crippen molar-refractivity contribution in [1.82, 2.24) is 5.32 Å². The summed E-state index contributed by atoms with van der Waals surface area (Å²) in [5, 5.41) is 2.12. The van der Waals surface area contributed by atoms with E-state index >= 15 is 0 Å². The fraction of sp³-hybridized carbons (Fsp3) is 0.111. The summed E-state index contributed by atoms with van der Waals surface area (Å²) in [6, 6.07) is 10.1. The van der Waals surface area contributed by atoms with Crippen LogP contribution >= 0.6 is 23.4 Å². The maximum atomic E-state index is 12.5. The number of benzene rings is 2. The van der Waals surface area contributed by atoms with Gasteiger partial charge in [-0.1, -0.05) is 17.7 Å². The van der Waals surface area contributed by atoms with E-state index in [2.05, 4.69) is 5.32 Å². The molecular formula is C18H14ClNO6S2. The highest BCUT2D eigenvalue weighted by Gasteiger charge is 2.25. The zero-order chi connectivity index (χ0) is 20.3. The monoisotopic (exact) mass is 439 g/mol. The SMILES string of the molecule is CCOc1cc(/C=C2\SC(=O)NC2=O)ccc1OS(=O)(=O)c1ccc(Cl)cc1. The van der Waals surface area contributed by atoms with Crippen LogP contribution in [0.1, 0.15) is 12.5 Å². The van der Waals surface area contributed by atoms with E-state index in [1.165, 1.54) is 42.5 Å². The van der Waals surface area contributed by atoms with Crippen molar-refractivity contribution < 1.29 is 26.9 Å². The van der Waals surface area contributed by atoms with E-state index in [1.54, 1.807) is 13.0 Å². The highest BCUT2D eigenvalue weighted by atomic mass is 35.5. The third kappa shape index (κ3) is 4.67. The van der Waals surface area contributed by atoms with Crippen molar-refractivity contribution in [3.63, 3.8) is 0 Å². The van der Waals surface area contributed by atoms with E-state index in [1.807, 2.05) is 0 Å². The Bertz CT molecular complexity index is 1060. The number of carbonyl (C=O) groups is 2. The minimum atomic E-state index is -4.09. The first-order valence-electron chi connectivity index (χ1n) is 8.00. The first-order valence-corrected chi connectivity index (χ1v) is 10.6. The van der Waals surface area contributed by atoms with Gasteiger partial charge in [0.05, 0.1) is 11.5 Å². The molecule has 2 aromatic carbocycles. The van der Waals surface area contributed by atoms with Gasteiger partial charge in [0.1, 0.15) is 4.90 Å². The summed E-state index contributed by atoms with van der Waals surface area (Å²) in [5.41, 5.74) is 0.548. The minimum absolute atomic E-state index is 0.00134. The second-order valence-electron chi connectivity index (χ2n) is 5.48. The highest BCUT2D eigenvalue weighted by Crippen LogP contribution is 2.33. The van der Waals surface area contributed by atoms with Crippen LogP contribution in [0.15, 0.2) is 52.3 Å². The van der Waals surface area contributed by atoms with E-state index in [0.29, 0.717) is 10.6 Å². The Hall–Kier alpha value is -2.49. The maximum Gasteiger partial charge on any atom is 0.339 e. The van der Waals surface area contributed by atoms with Crippen molar-refractivity contribution in [2.45, 2.75) is 11.8 Å². The Morgan fingerprint density at radius 2 is 1.82 bits per heavy atom. The molecule has 1 N–H and O–H groups in total. The number of nitrogens with one attached hydrogen (secondary N) is 1. The summed E-state index contributed by atoms with van der Waals surface area (Å²) < 4.78 is 35.7. The number of thioether (sulfide) groups is 1. The fourth-order valence-electron chi connectivity index (χ4n) is 2.29. The molecule has 0 aromatic heterocycles. The van der Waals surface area contributed by atoms with Gasteiger partial charge in [-0.15, -0.1) is 0 Å². The molecule has 28 heavy (non-hydrogen) atoms. The first kappa shape index (κ1) is 20.2. The molecule has 0 spiro atoms. The molecule has 0 aliphatic carbocycles. The molecule has 146 valence electrons. The van der Waals surface area contributed by atoms with E-state index < -0.39 is 21.3 Å². The van der Waals surface area contributed by atoms with Crippen molar-refractivity contribution in [2.75, 3.05) is 6.61 Å². The molecule has 2 amide bonds. The summed E-state index contributed by atoms with van der Waals surface area (Å²) >= 11 is 6.57. The molecule has 0 unspecified atom stereocenters. The van der Waals surface area contributed by atoms with Gasteiger partial charge < -0.3 is 8.92 Å². The van der Waals surface area contributed by atoms with Crippen LogP contribution in [0, 0.1) is 0 Å². The Kier molecular flexibility index (Phi) is 5.97. The van der Waals surface area contributed by atoms with E-state index in [-0.39, 0.29) is 27.9 Å². The van der Waals surface area contributed by atoms with Crippen LogP contribution < -0.4 is 14.2 Å². The third-order valence-electron chi connectivity index (χ3n) is 3.51. The van der Waals surface area contributed by atoms with E-state index in [9.17, 15) is 18.0 Å². The topological polar surface area (TPSA) is 98.8 Å². The fourth-order valence-corrected chi connectivity index (χ4v) is 4.04. The van der Waals surface area contributed by atoms with Crippen molar-refractivity contribution in [3.8, 4) is 11.5 Å². The van der Waals surface area contributed by atoms with Gasteiger partial charge >= 0.3 is 10.1 Å². The van der Waals surface area contributed by atoms with Crippen LogP contribution in [0.25, 0.3) is 6.08 Å². The van der Waals surface area contributed by atoms with Gasteiger partial charge in [-0.05, 0) is 66.7 Å². The number of carbonyl (C=O) groups excluding carboxylic acids is 2. The van der Waals surface area contributed by atoms with Gasteiger partial charge in [0, 0.05) is 5.02 Å². The van der Waals surface area contributed by atoms with Crippen LogP contribution in [0.2, 0.25) is 5.02 Å². The molecule has 1 saturated heterocycles. The molecule has 1 aliphatic heterocycles. The molecule has 1 fully saturated rings. The third-order valence-corrected chi connectivity index (χ3v) is 5.82. The number of hydrogen-bond acceptors (Lipinski definition) is 7. The van der Waals surface area contributed by atoms with Gasteiger partial charge in [-0.2, -0.15) is 8.42 Å². The predicted octanol–water partition coefficient (Wildman–Crippen LogP) is 3.83. The summed E-state index contributed by atoms with van der Waals surface area (Å²) in [6.45, 7) is 2.01. The molecule has 0 atom stereocenters. The number of halogens is 1. The summed E-state index contributed by atoms with van der Waals surface area (Å²) in [7, 11) is -4.09. The Morgan fingerprint density at radius 1 is 1.11 bits per heavy atom. The van der Waals surface area contributed by atoms with Gasteiger partial charge in [-0.3, -0.25) is 14.9 Å². The van der Waals surface area contributed by atoms with Crippen LogP contribution in [0.3, 0.4) is 0 Å². The van der Waals surface area contributed by atoms with E-state index in [4.69, 9.17) is 20.5 Å². The molecule has 3 rings (SSSR count). The van der Waals surface area contributed by atoms with Gasteiger partial charge in [0.2, 0.25) is 0 Å². The minimum Gasteiger partial charge on any atom is -0.490 e. The maximum absolute atomic E-state index is 12.5. The molecule has 10 heteroatoms. The lowest BCUT2D eigenvalue weighted by Gasteiger charge is -2.12. The van der Waals surface area contributed by atoms with Crippen LogP contribution in [-0.2, 0) is 14.9 Å². The average molecular weight is 440 g/mol. The molecule has 7 nitrogen and oxygen atoms in total. The number of amides is 2. The Morgan fingerprint density at radius 3 is 2.43 bits per heavy atom. The normalized spacial score (nSPS) is 15.6. The van der Waals surface area contributed by atoms with Crippen LogP contribution in [-0.4, -0.2) is 26.2 Å². The highest BCUT2D eigenvalue weighted by molar-refractivity contribution is 8.18. The average Bonchev–Trinajstić information content (AvgIpc) is 2.95. The van der Waals surface area contributed by atoms with Crippen LogP contribution in [0.5, 0.6) is 11.5 Å². The molecule has 0 bridgehead atoms. The lowest BCUT2D eigenvalue weighted by molar-refractivity contribution is -0.115. The zero-order valence-corrected chi connectivity index (χ0v) is 16.9. The molecule has 2 aromatic rings. The standard InChI is InChI=1S/C18H14ClNO6S2/c1-2-25-15-9-11(10-16-17(21)20-18(22)27-16)3-8-14(15)26-28(23,24)13-6-4-12(19)5-7-13/h3-10H,2H2,1H3,(H,20,21,22)/b16-10-. The second-order valence-corrected chi connectivity index (χ2v) is 8.48. The summed E-state index contributed by atoms with van der Waals surface area (Å²) in [5.74, 6) is -0.304. The second kappa shape index (κ2) is 8.26.